The van der Waals surface area contributed by atoms with Gasteiger partial charge in [-0.1, -0.05) is 0 Å². The van der Waals surface area contributed by atoms with Gasteiger partial charge in [0.1, 0.15) is 5.75 Å². The predicted octanol–water partition coefficient (Wildman–Crippen LogP) is 2.00. The summed E-state index contributed by atoms with van der Waals surface area (Å²) in [6, 6.07) is 8.33. The van der Waals surface area contributed by atoms with E-state index >= 15 is 0 Å². The van der Waals surface area contributed by atoms with Gasteiger partial charge in [0, 0.05) is 24.8 Å². The molecule has 80 valence electrons. The lowest BCUT2D eigenvalue weighted by atomic mass is 10.2. The van der Waals surface area contributed by atoms with Gasteiger partial charge >= 0.3 is 0 Å². The predicted molar refractivity (Wildman–Crippen MR) is 62.1 cm³/mol. The molecular weight excluding hydrogens is 188 g/mol. The molecule has 0 aliphatic heterocycles. The molecule has 1 aromatic carbocycles. The van der Waals surface area contributed by atoms with Gasteiger partial charge in [-0.15, -0.1) is 0 Å². The van der Waals surface area contributed by atoms with Crippen LogP contribution < -0.4 is 10.5 Å². The summed E-state index contributed by atoms with van der Waals surface area (Å²) in [5, 5.41) is 1.22. The van der Waals surface area contributed by atoms with Crippen molar-refractivity contribution in [1.82, 2.24) is 4.57 Å². The largest absolute Gasteiger partial charge is 0.497 e. The smallest absolute Gasteiger partial charge is 0.120 e. The molecule has 0 amide bonds. The monoisotopic (exact) mass is 204 g/mol. The first-order chi connectivity index (χ1) is 7.20. The Balaban J connectivity index is 2.46. The molecule has 0 aliphatic carbocycles. The van der Waals surface area contributed by atoms with E-state index in [0.717, 1.165) is 12.3 Å². The maximum atomic E-state index is 5.79. The molecule has 0 bridgehead atoms. The molecule has 15 heavy (non-hydrogen) atoms. The van der Waals surface area contributed by atoms with Gasteiger partial charge in [0.2, 0.25) is 0 Å². The Morgan fingerprint density at radius 2 is 2.20 bits per heavy atom. The number of aromatic nitrogens is 1. The topological polar surface area (TPSA) is 40.2 Å². The van der Waals surface area contributed by atoms with Gasteiger partial charge in [0.25, 0.3) is 0 Å². The van der Waals surface area contributed by atoms with E-state index in [1.807, 2.05) is 19.1 Å². The van der Waals surface area contributed by atoms with Crippen LogP contribution in [0.5, 0.6) is 5.75 Å². The first-order valence-electron chi connectivity index (χ1n) is 5.09. The van der Waals surface area contributed by atoms with Crippen LogP contribution in [0.25, 0.3) is 10.9 Å². The Kier molecular flexibility index (Phi) is 2.64. The molecule has 3 heteroatoms. The molecule has 0 aliphatic rings. The molecule has 0 radical (unpaired) electrons. The number of ether oxygens (including phenoxy) is 1. The van der Waals surface area contributed by atoms with Gasteiger partial charge < -0.3 is 15.0 Å². The fourth-order valence-electron chi connectivity index (χ4n) is 1.76. The lowest BCUT2D eigenvalue weighted by Gasteiger charge is -2.09. The highest BCUT2D eigenvalue weighted by Crippen LogP contribution is 2.21. The molecular formula is C12H16N2O. The molecule has 0 saturated carbocycles. The van der Waals surface area contributed by atoms with Crippen LogP contribution in [0.4, 0.5) is 0 Å². The normalized spacial score (nSPS) is 13.0. The third-order valence-electron chi connectivity index (χ3n) is 2.47. The van der Waals surface area contributed by atoms with E-state index in [2.05, 4.69) is 22.9 Å². The van der Waals surface area contributed by atoms with Gasteiger partial charge in [-0.3, -0.25) is 0 Å². The second-order valence-electron chi connectivity index (χ2n) is 3.87. The Morgan fingerprint density at radius 1 is 1.40 bits per heavy atom. The molecule has 1 atom stereocenters. The quantitative estimate of drug-likeness (QED) is 0.830. The van der Waals surface area contributed by atoms with Gasteiger partial charge in [0.15, 0.2) is 0 Å². The van der Waals surface area contributed by atoms with Crippen LogP contribution in [0.2, 0.25) is 0 Å². The molecule has 2 N–H and O–H groups in total. The fraction of sp³-hybridized carbons (Fsp3) is 0.333. The van der Waals surface area contributed by atoms with Crippen LogP contribution in [0.3, 0.4) is 0 Å². The maximum Gasteiger partial charge on any atom is 0.120 e. The molecule has 0 spiro atoms. The minimum Gasteiger partial charge on any atom is -0.497 e. The van der Waals surface area contributed by atoms with Crippen molar-refractivity contribution in [3.8, 4) is 5.75 Å². The van der Waals surface area contributed by atoms with E-state index in [-0.39, 0.29) is 6.04 Å². The van der Waals surface area contributed by atoms with Crippen molar-refractivity contribution in [2.24, 2.45) is 5.73 Å². The molecule has 3 nitrogen and oxygen atoms in total. The Bertz CT molecular complexity index is 460. The van der Waals surface area contributed by atoms with Crippen molar-refractivity contribution in [3.05, 3.63) is 30.5 Å². The number of rotatable bonds is 3. The lowest BCUT2D eigenvalue weighted by Crippen LogP contribution is -2.21. The SMILES string of the molecule is COc1ccc2ccn(C[C@@H](C)N)c2c1. The minimum absolute atomic E-state index is 0.159. The summed E-state index contributed by atoms with van der Waals surface area (Å²) in [4.78, 5) is 0. The molecule has 1 aromatic heterocycles. The Morgan fingerprint density at radius 3 is 2.87 bits per heavy atom. The summed E-state index contributed by atoms with van der Waals surface area (Å²) in [5.74, 6) is 0.882. The number of methoxy groups -OCH3 is 1. The maximum absolute atomic E-state index is 5.79. The van der Waals surface area contributed by atoms with Crippen LogP contribution in [0, 0.1) is 0 Å². The average molecular weight is 204 g/mol. The van der Waals surface area contributed by atoms with Crippen molar-refractivity contribution in [2.45, 2.75) is 19.5 Å². The fourth-order valence-corrected chi connectivity index (χ4v) is 1.76. The zero-order chi connectivity index (χ0) is 10.8. The molecule has 0 fully saturated rings. The molecule has 0 saturated heterocycles. The van der Waals surface area contributed by atoms with Gasteiger partial charge in [-0.2, -0.15) is 0 Å². The number of hydrogen-bond acceptors (Lipinski definition) is 2. The van der Waals surface area contributed by atoms with Crippen molar-refractivity contribution < 1.29 is 4.74 Å². The van der Waals surface area contributed by atoms with Gasteiger partial charge in [0.05, 0.1) is 12.6 Å². The number of nitrogens with zero attached hydrogens (tertiary/aromatic N) is 1. The van der Waals surface area contributed by atoms with E-state index < -0.39 is 0 Å². The van der Waals surface area contributed by atoms with Crippen LogP contribution in [0.15, 0.2) is 30.5 Å². The van der Waals surface area contributed by atoms with Gasteiger partial charge in [-0.25, -0.2) is 0 Å². The van der Waals surface area contributed by atoms with Crippen LogP contribution in [-0.2, 0) is 6.54 Å². The second kappa shape index (κ2) is 3.95. The van der Waals surface area contributed by atoms with E-state index in [0.29, 0.717) is 0 Å². The minimum atomic E-state index is 0.159. The van der Waals surface area contributed by atoms with E-state index in [1.54, 1.807) is 7.11 Å². The van der Waals surface area contributed by atoms with Crippen molar-refractivity contribution in [2.75, 3.05) is 7.11 Å². The second-order valence-corrected chi connectivity index (χ2v) is 3.87. The van der Waals surface area contributed by atoms with Crippen LogP contribution >= 0.6 is 0 Å². The van der Waals surface area contributed by atoms with Crippen LogP contribution in [0.1, 0.15) is 6.92 Å². The summed E-state index contributed by atoms with van der Waals surface area (Å²) < 4.78 is 7.36. The first kappa shape index (κ1) is 10.1. The van der Waals surface area contributed by atoms with Crippen molar-refractivity contribution in [3.63, 3.8) is 0 Å². The summed E-state index contributed by atoms with van der Waals surface area (Å²) in [7, 11) is 1.68. The van der Waals surface area contributed by atoms with Gasteiger partial charge in [-0.05, 0) is 30.5 Å². The number of hydrogen-bond donors (Lipinski definition) is 1. The third-order valence-corrected chi connectivity index (χ3v) is 2.47. The third kappa shape index (κ3) is 1.97. The number of fused-ring (bicyclic) bond motifs is 1. The first-order valence-corrected chi connectivity index (χ1v) is 5.09. The molecule has 1 heterocycles. The molecule has 2 aromatic rings. The van der Waals surface area contributed by atoms with Crippen molar-refractivity contribution in [1.29, 1.82) is 0 Å². The summed E-state index contributed by atoms with van der Waals surface area (Å²) in [6.45, 7) is 2.84. The molecule has 2 rings (SSSR count). The standard InChI is InChI=1S/C12H16N2O/c1-9(13)8-14-6-5-10-3-4-11(15-2)7-12(10)14/h3-7,9H,8,13H2,1-2H3/t9-/m1/s1. The Hall–Kier alpha value is -1.48. The highest BCUT2D eigenvalue weighted by Gasteiger charge is 2.03. The van der Waals surface area contributed by atoms with Crippen LogP contribution in [-0.4, -0.2) is 17.7 Å². The highest BCUT2D eigenvalue weighted by molar-refractivity contribution is 5.81. The average Bonchev–Trinajstić information content (AvgIpc) is 2.60. The lowest BCUT2D eigenvalue weighted by molar-refractivity contribution is 0.415. The van der Waals surface area contributed by atoms with E-state index in [9.17, 15) is 0 Å². The molecule has 0 unspecified atom stereocenters. The zero-order valence-corrected chi connectivity index (χ0v) is 9.10. The summed E-state index contributed by atoms with van der Waals surface area (Å²) in [6.07, 6.45) is 2.06. The number of benzene rings is 1. The summed E-state index contributed by atoms with van der Waals surface area (Å²) in [5.41, 5.74) is 6.97. The zero-order valence-electron chi connectivity index (χ0n) is 9.10. The highest BCUT2D eigenvalue weighted by atomic mass is 16.5. The Labute approximate surface area is 89.4 Å². The van der Waals surface area contributed by atoms with E-state index in [4.69, 9.17) is 10.5 Å². The van der Waals surface area contributed by atoms with Crippen molar-refractivity contribution >= 4 is 10.9 Å². The van der Waals surface area contributed by atoms with E-state index in [1.165, 1.54) is 10.9 Å². The number of nitrogens with two attached hydrogens (primary N) is 1. The summed E-state index contributed by atoms with van der Waals surface area (Å²) >= 11 is 0.